The predicted octanol–water partition coefficient (Wildman–Crippen LogP) is 1.53. The molecule has 5 nitrogen and oxygen atoms in total. The third-order valence-electron chi connectivity index (χ3n) is 2.53. The summed E-state index contributed by atoms with van der Waals surface area (Å²) in [5, 5.41) is 32.2. The van der Waals surface area contributed by atoms with Crippen molar-refractivity contribution in [1.29, 1.82) is 0 Å². The molecule has 0 saturated heterocycles. The van der Waals surface area contributed by atoms with Crippen molar-refractivity contribution in [2.24, 2.45) is 0 Å². The average Bonchev–Trinajstić information content (AvgIpc) is 2.28. The van der Waals surface area contributed by atoms with Crippen molar-refractivity contribution in [3.05, 3.63) is 17.7 Å². The topological polar surface area (TPSA) is 82.0 Å². The van der Waals surface area contributed by atoms with E-state index in [2.05, 4.69) is 5.32 Å². The highest BCUT2D eigenvalue weighted by molar-refractivity contribution is 5.54. The van der Waals surface area contributed by atoms with Gasteiger partial charge in [0.2, 0.25) is 5.75 Å². The van der Waals surface area contributed by atoms with Crippen molar-refractivity contribution in [3.63, 3.8) is 0 Å². The number of phenolic OH excluding ortho intramolecular Hbond substituents is 2. The molecule has 0 fully saturated rings. The zero-order valence-corrected chi connectivity index (χ0v) is 11.2. The summed E-state index contributed by atoms with van der Waals surface area (Å²) in [4.78, 5) is 0. The molecule has 0 amide bonds. The van der Waals surface area contributed by atoms with Crippen molar-refractivity contribution < 1.29 is 20.1 Å². The maximum Gasteiger partial charge on any atom is 0.200 e. The van der Waals surface area contributed by atoms with Crippen LogP contribution in [0, 0.1) is 0 Å². The molecule has 1 atom stereocenters. The second kappa shape index (κ2) is 5.46. The van der Waals surface area contributed by atoms with Gasteiger partial charge in [-0.05, 0) is 32.9 Å². The number of hydrogen-bond donors (Lipinski definition) is 4. The third kappa shape index (κ3) is 3.51. The first-order valence-corrected chi connectivity index (χ1v) is 5.78. The monoisotopic (exact) mass is 255 g/mol. The van der Waals surface area contributed by atoms with E-state index in [1.165, 1.54) is 19.2 Å². The van der Waals surface area contributed by atoms with Crippen molar-refractivity contribution in [2.45, 2.75) is 32.4 Å². The van der Waals surface area contributed by atoms with Crippen LogP contribution in [0.2, 0.25) is 0 Å². The minimum Gasteiger partial charge on any atom is -0.504 e. The molecular weight excluding hydrogens is 234 g/mol. The zero-order chi connectivity index (χ0) is 13.9. The molecule has 0 aliphatic rings. The van der Waals surface area contributed by atoms with E-state index in [1.54, 1.807) is 0 Å². The van der Waals surface area contributed by atoms with Crippen LogP contribution in [0.5, 0.6) is 17.2 Å². The summed E-state index contributed by atoms with van der Waals surface area (Å²) in [6, 6.07) is 2.86. The van der Waals surface area contributed by atoms with Gasteiger partial charge in [0.15, 0.2) is 11.5 Å². The lowest BCUT2D eigenvalue weighted by Crippen LogP contribution is -2.38. The first-order valence-electron chi connectivity index (χ1n) is 5.78. The lowest BCUT2D eigenvalue weighted by molar-refractivity contribution is 0.158. The molecule has 5 heteroatoms. The van der Waals surface area contributed by atoms with Gasteiger partial charge in [0.1, 0.15) is 0 Å². The molecule has 0 saturated carbocycles. The number of rotatable bonds is 4. The highest BCUT2D eigenvalue weighted by Crippen LogP contribution is 2.40. The zero-order valence-electron chi connectivity index (χ0n) is 11.2. The van der Waals surface area contributed by atoms with Crippen LogP contribution in [0.25, 0.3) is 0 Å². The first-order chi connectivity index (χ1) is 8.26. The molecule has 0 bridgehead atoms. The highest BCUT2D eigenvalue weighted by Gasteiger charge is 2.20. The Labute approximate surface area is 107 Å². The number of β-amino-alcohol motifs (C(OH)–C–C–N with tert-alkyl or cyclic N) is 1. The summed E-state index contributed by atoms with van der Waals surface area (Å²) in [6.45, 7) is 6.30. The van der Waals surface area contributed by atoms with Crippen LogP contribution < -0.4 is 10.1 Å². The highest BCUT2D eigenvalue weighted by atomic mass is 16.5. The van der Waals surface area contributed by atoms with E-state index in [0.29, 0.717) is 12.1 Å². The molecular formula is C13H21NO4. The average molecular weight is 255 g/mol. The number of aromatic hydroxyl groups is 2. The van der Waals surface area contributed by atoms with Gasteiger partial charge >= 0.3 is 0 Å². The van der Waals surface area contributed by atoms with Gasteiger partial charge in [-0.25, -0.2) is 0 Å². The molecule has 1 aromatic rings. The standard InChI is InChI=1S/C13H21NO4/c1-13(2,3)14-7-10(16)8-5-6-9(15)11(17)12(8)18-4/h5-6,10,14-17H,7H2,1-4H3. The lowest BCUT2D eigenvalue weighted by atomic mass is 10.0. The molecule has 0 aliphatic heterocycles. The van der Waals surface area contributed by atoms with Gasteiger partial charge in [0.05, 0.1) is 13.2 Å². The molecule has 1 aromatic carbocycles. The normalized spacial score (nSPS) is 13.4. The molecule has 1 unspecified atom stereocenters. The molecule has 4 N–H and O–H groups in total. The number of phenols is 2. The van der Waals surface area contributed by atoms with Crippen LogP contribution in [0.15, 0.2) is 12.1 Å². The SMILES string of the molecule is COc1c(C(O)CNC(C)(C)C)ccc(O)c1O. The molecule has 102 valence electrons. The van der Waals surface area contributed by atoms with Crippen molar-refractivity contribution in [1.82, 2.24) is 5.32 Å². The molecule has 0 spiro atoms. The van der Waals surface area contributed by atoms with E-state index in [9.17, 15) is 15.3 Å². The number of hydrogen-bond acceptors (Lipinski definition) is 5. The van der Waals surface area contributed by atoms with Gasteiger partial charge in [0, 0.05) is 17.6 Å². The number of ether oxygens (including phenoxy) is 1. The molecule has 18 heavy (non-hydrogen) atoms. The van der Waals surface area contributed by atoms with Gasteiger partial charge in [-0.3, -0.25) is 0 Å². The number of aliphatic hydroxyl groups excluding tert-OH is 1. The fraction of sp³-hybridized carbons (Fsp3) is 0.538. The van der Waals surface area contributed by atoms with Crippen molar-refractivity contribution >= 4 is 0 Å². The minimum absolute atomic E-state index is 0.0956. The van der Waals surface area contributed by atoms with Gasteiger partial charge in [0.25, 0.3) is 0 Å². The van der Waals surface area contributed by atoms with Gasteiger partial charge in [-0.2, -0.15) is 0 Å². The van der Waals surface area contributed by atoms with E-state index in [-0.39, 0.29) is 22.8 Å². The van der Waals surface area contributed by atoms with E-state index in [4.69, 9.17) is 4.74 Å². The smallest absolute Gasteiger partial charge is 0.200 e. The number of aliphatic hydroxyl groups is 1. The van der Waals surface area contributed by atoms with E-state index >= 15 is 0 Å². The van der Waals surface area contributed by atoms with E-state index in [1.807, 2.05) is 20.8 Å². The lowest BCUT2D eigenvalue weighted by Gasteiger charge is -2.24. The largest absolute Gasteiger partial charge is 0.504 e. The Bertz CT molecular complexity index is 412. The molecule has 0 aliphatic carbocycles. The molecule has 0 aromatic heterocycles. The van der Waals surface area contributed by atoms with Gasteiger partial charge in [-0.15, -0.1) is 0 Å². The molecule has 0 heterocycles. The van der Waals surface area contributed by atoms with Gasteiger partial charge in [-0.1, -0.05) is 0 Å². The Morgan fingerprint density at radius 1 is 1.28 bits per heavy atom. The Morgan fingerprint density at radius 2 is 1.89 bits per heavy atom. The Balaban J connectivity index is 2.92. The Morgan fingerprint density at radius 3 is 2.39 bits per heavy atom. The number of nitrogens with one attached hydrogen (secondary N) is 1. The van der Waals surface area contributed by atoms with Crippen LogP contribution in [0.4, 0.5) is 0 Å². The summed E-state index contributed by atoms with van der Waals surface area (Å²) in [7, 11) is 1.38. The Hall–Kier alpha value is -1.46. The number of methoxy groups -OCH3 is 1. The van der Waals surface area contributed by atoms with Crippen LogP contribution in [0.1, 0.15) is 32.4 Å². The molecule has 0 radical (unpaired) electrons. The van der Waals surface area contributed by atoms with Crippen molar-refractivity contribution in [2.75, 3.05) is 13.7 Å². The Kier molecular flexibility index (Phi) is 4.43. The van der Waals surface area contributed by atoms with E-state index < -0.39 is 6.10 Å². The van der Waals surface area contributed by atoms with Crippen LogP contribution in [-0.2, 0) is 0 Å². The maximum atomic E-state index is 10.1. The minimum atomic E-state index is -0.828. The summed E-state index contributed by atoms with van der Waals surface area (Å²) >= 11 is 0. The quantitative estimate of drug-likeness (QED) is 0.613. The van der Waals surface area contributed by atoms with Crippen LogP contribution >= 0.6 is 0 Å². The fourth-order valence-corrected chi connectivity index (χ4v) is 1.57. The summed E-state index contributed by atoms with van der Waals surface area (Å²) in [6.07, 6.45) is -0.828. The first kappa shape index (κ1) is 14.6. The van der Waals surface area contributed by atoms with Crippen LogP contribution in [0.3, 0.4) is 0 Å². The number of benzene rings is 1. The summed E-state index contributed by atoms with van der Waals surface area (Å²) in [5.41, 5.74) is 0.317. The predicted molar refractivity (Wildman–Crippen MR) is 69.0 cm³/mol. The fourth-order valence-electron chi connectivity index (χ4n) is 1.57. The van der Waals surface area contributed by atoms with Crippen LogP contribution in [-0.4, -0.2) is 34.5 Å². The van der Waals surface area contributed by atoms with Crippen molar-refractivity contribution in [3.8, 4) is 17.2 Å². The van der Waals surface area contributed by atoms with E-state index in [0.717, 1.165) is 0 Å². The second-order valence-corrected chi connectivity index (χ2v) is 5.20. The maximum absolute atomic E-state index is 10.1. The second-order valence-electron chi connectivity index (χ2n) is 5.20. The third-order valence-corrected chi connectivity index (χ3v) is 2.53. The molecule has 1 rings (SSSR count). The summed E-state index contributed by atoms with van der Waals surface area (Å²) < 4.78 is 5.01. The summed E-state index contributed by atoms with van der Waals surface area (Å²) in [5.74, 6) is -0.533. The van der Waals surface area contributed by atoms with Gasteiger partial charge < -0.3 is 25.4 Å².